The Morgan fingerprint density at radius 3 is 2.74 bits per heavy atom. The Labute approximate surface area is 116 Å². The van der Waals surface area contributed by atoms with E-state index < -0.39 is 0 Å². The fourth-order valence-electron chi connectivity index (χ4n) is 3.60. The maximum absolute atomic E-state index is 12.3. The Balaban J connectivity index is 1.81. The van der Waals surface area contributed by atoms with Crippen molar-refractivity contribution < 1.29 is 9.53 Å². The van der Waals surface area contributed by atoms with Crippen molar-refractivity contribution >= 4 is 5.91 Å². The molecule has 0 spiro atoms. The van der Waals surface area contributed by atoms with Gasteiger partial charge in [-0.1, -0.05) is 12.8 Å². The standard InChI is InChI=1S/C15H28N2O2/c1-17-9-5-6-13(10-17)14(18)16-11-15(12-19-2)7-3-4-8-15/h13H,3-12H2,1-2H3,(H,16,18). The van der Waals surface area contributed by atoms with E-state index in [0.717, 1.165) is 39.1 Å². The predicted octanol–water partition coefficient (Wildman–Crippen LogP) is 1.65. The number of amides is 1. The van der Waals surface area contributed by atoms with Gasteiger partial charge in [-0.25, -0.2) is 0 Å². The number of likely N-dealkylation sites (tertiary alicyclic amines) is 1. The third-order valence-electron chi connectivity index (χ3n) is 4.75. The van der Waals surface area contributed by atoms with Gasteiger partial charge in [0, 0.05) is 25.6 Å². The zero-order valence-corrected chi connectivity index (χ0v) is 12.4. The molecule has 0 aromatic heterocycles. The number of piperidine rings is 1. The van der Waals surface area contributed by atoms with Gasteiger partial charge < -0.3 is 15.0 Å². The number of hydrogen-bond donors (Lipinski definition) is 1. The van der Waals surface area contributed by atoms with Crippen molar-refractivity contribution in [2.75, 3.05) is 40.4 Å². The number of hydrogen-bond acceptors (Lipinski definition) is 3. The molecule has 19 heavy (non-hydrogen) atoms. The van der Waals surface area contributed by atoms with Gasteiger partial charge in [0.25, 0.3) is 0 Å². The summed E-state index contributed by atoms with van der Waals surface area (Å²) >= 11 is 0. The SMILES string of the molecule is COCC1(CNC(=O)C2CCCN(C)C2)CCCC1. The molecular formula is C15H28N2O2. The summed E-state index contributed by atoms with van der Waals surface area (Å²) in [4.78, 5) is 14.5. The van der Waals surface area contributed by atoms with E-state index in [1.54, 1.807) is 7.11 Å². The topological polar surface area (TPSA) is 41.6 Å². The Kier molecular flexibility index (Phi) is 5.22. The summed E-state index contributed by atoms with van der Waals surface area (Å²) in [5.41, 5.74) is 0.199. The lowest BCUT2D eigenvalue weighted by molar-refractivity contribution is -0.127. The molecule has 2 aliphatic rings. The van der Waals surface area contributed by atoms with Gasteiger partial charge in [0.2, 0.25) is 5.91 Å². The molecule has 110 valence electrons. The molecule has 1 amide bonds. The van der Waals surface area contributed by atoms with Crippen molar-refractivity contribution in [2.24, 2.45) is 11.3 Å². The summed E-state index contributed by atoms with van der Waals surface area (Å²) in [5.74, 6) is 0.425. The highest BCUT2D eigenvalue weighted by Gasteiger charge is 2.35. The smallest absolute Gasteiger partial charge is 0.224 e. The van der Waals surface area contributed by atoms with Crippen molar-refractivity contribution in [2.45, 2.75) is 38.5 Å². The average molecular weight is 268 g/mol. The van der Waals surface area contributed by atoms with Crippen LogP contribution >= 0.6 is 0 Å². The van der Waals surface area contributed by atoms with Crippen LogP contribution < -0.4 is 5.32 Å². The number of carbonyl (C=O) groups is 1. The quantitative estimate of drug-likeness (QED) is 0.824. The fraction of sp³-hybridized carbons (Fsp3) is 0.933. The van der Waals surface area contributed by atoms with E-state index in [-0.39, 0.29) is 17.2 Å². The highest BCUT2D eigenvalue weighted by Crippen LogP contribution is 2.37. The molecule has 0 bridgehead atoms. The molecule has 2 rings (SSSR count). The molecule has 0 aromatic carbocycles. The van der Waals surface area contributed by atoms with Gasteiger partial charge in [-0.05, 0) is 39.3 Å². The van der Waals surface area contributed by atoms with E-state index in [9.17, 15) is 4.79 Å². The molecule has 0 radical (unpaired) electrons. The minimum atomic E-state index is 0.180. The maximum atomic E-state index is 12.3. The van der Waals surface area contributed by atoms with Gasteiger partial charge in [0.1, 0.15) is 0 Å². The molecule has 4 heteroatoms. The summed E-state index contributed by atoms with van der Waals surface area (Å²) in [7, 11) is 3.86. The third kappa shape index (κ3) is 3.93. The van der Waals surface area contributed by atoms with Crippen LogP contribution in [0.3, 0.4) is 0 Å². The number of methoxy groups -OCH3 is 1. The molecular weight excluding hydrogens is 240 g/mol. The first-order valence-corrected chi connectivity index (χ1v) is 7.60. The van der Waals surface area contributed by atoms with E-state index >= 15 is 0 Å². The van der Waals surface area contributed by atoms with Crippen LogP contribution in [0.4, 0.5) is 0 Å². The highest BCUT2D eigenvalue weighted by atomic mass is 16.5. The summed E-state index contributed by atoms with van der Waals surface area (Å²) < 4.78 is 5.36. The van der Waals surface area contributed by atoms with Crippen molar-refractivity contribution in [1.82, 2.24) is 10.2 Å². The number of nitrogens with zero attached hydrogens (tertiary/aromatic N) is 1. The molecule has 1 aliphatic carbocycles. The van der Waals surface area contributed by atoms with Crippen LogP contribution in [0.25, 0.3) is 0 Å². The molecule has 2 fully saturated rings. The second-order valence-electron chi connectivity index (χ2n) is 6.46. The first-order valence-electron chi connectivity index (χ1n) is 7.60. The number of carbonyl (C=O) groups excluding carboxylic acids is 1. The molecule has 1 saturated carbocycles. The second kappa shape index (κ2) is 6.71. The molecule has 1 atom stereocenters. The van der Waals surface area contributed by atoms with Gasteiger partial charge in [-0.3, -0.25) is 4.79 Å². The predicted molar refractivity (Wildman–Crippen MR) is 76.0 cm³/mol. The normalized spacial score (nSPS) is 27.4. The van der Waals surface area contributed by atoms with E-state index in [1.165, 1.54) is 25.7 Å². The van der Waals surface area contributed by atoms with E-state index in [0.29, 0.717) is 0 Å². The van der Waals surface area contributed by atoms with Crippen molar-refractivity contribution in [3.8, 4) is 0 Å². The Hall–Kier alpha value is -0.610. The molecule has 4 nitrogen and oxygen atoms in total. The van der Waals surface area contributed by atoms with Crippen LogP contribution in [0.2, 0.25) is 0 Å². The molecule has 1 heterocycles. The van der Waals surface area contributed by atoms with Gasteiger partial charge >= 0.3 is 0 Å². The lowest BCUT2D eigenvalue weighted by Gasteiger charge is -2.32. The van der Waals surface area contributed by atoms with Gasteiger partial charge in [-0.15, -0.1) is 0 Å². The van der Waals surface area contributed by atoms with Crippen LogP contribution in [0.1, 0.15) is 38.5 Å². The summed E-state index contributed by atoms with van der Waals surface area (Å²) in [6.07, 6.45) is 7.08. The Morgan fingerprint density at radius 1 is 1.37 bits per heavy atom. The molecule has 1 unspecified atom stereocenters. The number of ether oxygens (including phenoxy) is 1. The van der Waals surface area contributed by atoms with E-state index in [2.05, 4.69) is 17.3 Å². The Morgan fingerprint density at radius 2 is 2.11 bits per heavy atom. The van der Waals surface area contributed by atoms with Gasteiger partial charge in [-0.2, -0.15) is 0 Å². The molecule has 1 N–H and O–H groups in total. The lowest BCUT2D eigenvalue weighted by Crippen LogP contribution is -2.45. The maximum Gasteiger partial charge on any atom is 0.224 e. The average Bonchev–Trinajstić information content (AvgIpc) is 2.85. The van der Waals surface area contributed by atoms with E-state index in [4.69, 9.17) is 4.74 Å². The first-order chi connectivity index (χ1) is 9.15. The largest absolute Gasteiger partial charge is 0.384 e. The zero-order chi connectivity index (χ0) is 13.7. The van der Waals surface area contributed by atoms with E-state index in [1.807, 2.05) is 0 Å². The summed E-state index contributed by atoms with van der Waals surface area (Å²) in [5, 5.41) is 3.19. The summed E-state index contributed by atoms with van der Waals surface area (Å²) in [6, 6.07) is 0. The lowest BCUT2D eigenvalue weighted by atomic mass is 9.86. The molecule has 0 aromatic rings. The monoisotopic (exact) mass is 268 g/mol. The molecule has 1 aliphatic heterocycles. The van der Waals surface area contributed by atoms with Crippen LogP contribution in [0, 0.1) is 11.3 Å². The first kappa shape index (κ1) is 14.8. The second-order valence-corrected chi connectivity index (χ2v) is 6.46. The Bertz CT molecular complexity index is 301. The van der Waals surface area contributed by atoms with Crippen LogP contribution in [-0.4, -0.2) is 51.2 Å². The van der Waals surface area contributed by atoms with Crippen molar-refractivity contribution in [3.63, 3.8) is 0 Å². The van der Waals surface area contributed by atoms with Crippen LogP contribution in [-0.2, 0) is 9.53 Å². The number of rotatable bonds is 5. The zero-order valence-electron chi connectivity index (χ0n) is 12.4. The van der Waals surface area contributed by atoms with Crippen LogP contribution in [0.5, 0.6) is 0 Å². The van der Waals surface area contributed by atoms with Gasteiger partial charge in [0.15, 0.2) is 0 Å². The van der Waals surface area contributed by atoms with Gasteiger partial charge in [0.05, 0.1) is 12.5 Å². The third-order valence-corrected chi connectivity index (χ3v) is 4.75. The van der Waals surface area contributed by atoms with Crippen molar-refractivity contribution in [1.29, 1.82) is 0 Å². The molecule has 1 saturated heterocycles. The fourth-order valence-corrected chi connectivity index (χ4v) is 3.60. The van der Waals surface area contributed by atoms with Crippen molar-refractivity contribution in [3.05, 3.63) is 0 Å². The highest BCUT2D eigenvalue weighted by molar-refractivity contribution is 5.79. The summed E-state index contributed by atoms with van der Waals surface area (Å²) in [6.45, 7) is 3.60. The van der Waals surface area contributed by atoms with Crippen LogP contribution in [0.15, 0.2) is 0 Å². The number of nitrogens with one attached hydrogen (secondary N) is 1. The minimum Gasteiger partial charge on any atom is -0.384 e. The minimum absolute atomic E-state index is 0.180.